The van der Waals surface area contributed by atoms with Gasteiger partial charge in [0.2, 0.25) is 0 Å². The van der Waals surface area contributed by atoms with E-state index in [2.05, 4.69) is 25.5 Å². The molecule has 2 N–H and O–H groups in total. The van der Waals surface area contributed by atoms with Gasteiger partial charge in [0.15, 0.2) is 16.6 Å². The molecule has 0 bridgehead atoms. The monoisotopic (exact) mass is 419 g/mol. The summed E-state index contributed by atoms with van der Waals surface area (Å²) in [4.78, 5) is 23.7. The van der Waals surface area contributed by atoms with E-state index >= 15 is 0 Å². The molecule has 4 heterocycles. The lowest BCUT2D eigenvalue weighted by Crippen LogP contribution is -2.29. The van der Waals surface area contributed by atoms with Crippen molar-refractivity contribution in [3.8, 4) is 10.8 Å². The molecule has 1 aromatic carbocycles. The summed E-state index contributed by atoms with van der Waals surface area (Å²) in [5.74, 6) is 2.20. The molecule has 1 aliphatic rings. The Hall–Kier alpha value is -3.39. The first kappa shape index (κ1) is 18.6. The largest absolute Gasteiger partial charge is 0.457 e. The van der Waals surface area contributed by atoms with Crippen LogP contribution in [0.25, 0.3) is 21.0 Å². The van der Waals surface area contributed by atoms with Gasteiger partial charge >= 0.3 is 6.03 Å². The first-order valence-corrected chi connectivity index (χ1v) is 10.8. The molecule has 8 heteroatoms. The highest BCUT2D eigenvalue weighted by Crippen LogP contribution is 2.31. The second-order valence-electron chi connectivity index (χ2n) is 7.13. The van der Waals surface area contributed by atoms with E-state index in [1.807, 2.05) is 48.5 Å². The van der Waals surface area contributed by atoms with Crippen molar-refractivity contribution in [2.24, 2.45) is 0 Å². The zero-order chi connectivity index (χ0) is 20.3. The van der Waals surface area contributed by atoms with Gasteiger partial charge in [-0.3, -0.25) is 0 Å². The van der Waals surface area contributed by atoms with Gasteiger partial charge in [-0.25, -0.2) is 14.8 Å². The minimum absolute atomic E-state index is 0.288. The van der Waals surface area contributed by atoms with Crippen molar-refractivity contribution in [3.05, 3.63) is 60.5 Å². The molecule has 0 spiro atoms. The number of benzene rings is 1. The lowest BCUT2D eigenvalue weighted by Gasteiger charge is -2.20. The SMILES string of the molecule is O=C(NCc1ccc(-c2nc3ccccc3s2)o1)Nc1cccnc1N1CCCC1. The number of thiazole rings is 1. The smallest absolute Gasteiger partial charge is 0.319 e. The number of fused-ring (bicyclic) bond motifs is 1. The topological polar surface area (TPSA) is 83.3 Å². The van der Waals surface area contributed by atoms with Crippen LogP contribution in [0.15, 0.2) is 59.1 Å². The molecule has 30 heavy (non-hydrogen) atoms. The van der Waals surface area contributed by atoms with Crippen molar-refractivity contribution in [1.82, 2.24) is 15.3 Å². The van der Waals surface area contributed by atoms with Crippen LogP contribution in [0, 0.1) is 0 Å². The molecule has 5 rings (SSSR count). The molecule has 1 aliphatic heterocycles. The first-order valence-electron chi connectivity index (χ1n) is 9.96. The third-order valence-corrected chi connectivity index (χ3v) is 6.08. The van der Waals surface area contributed by atoms with Crippen LogP contribution in [0.3, 0.4) is 0 Å². The highest BCUT2D eigenvalue weighted by molar-refractivity contribution is 7.21. The fourth-order valence-corrected chi connectivity index (χ4v) is 4.50. The highest BCUT2D eigenvalue weighted by Gasteiger charge is 2.18. The zero-order valence-corrected chi connectivity index (χ0v) is 17.1. The Morgan fingerprint density at radius 3 is 2.83 bits per heavy atom. The number of furan rings is 1. The minimum Gasteiger partial charge on any atom is -0.457 e. The van der Waals surface area contributed by atoms with Gasteiger partial charge in [-0.1, -0.05) is 12.1 Å². The maximum atomic E-state index is 12.4. The number of hydrogen-bond acceptors (Lipinski definition) is 6. The lowest BCUT2D eigenvalue weighted by atomic mass is 10.3. The van der Waals surface area contributed by atoms with E-state index < -0.39 is 0 Å². The molecular formula is C22H21N5O2S. The van der Waals surface area contributed by atoms with E-state index in [0.717, 1.165) is 47.0 Å². The molecule has 0 saturated carbocycles. The van der Waals surface area contributed by atoms with E-state index in [9.17, 15) is 4.79 Å². The number of nitrogens with one attached hydrogen (secondary N) is 2. The van der Waals surface area contributed by atoms with E-state index in [-0.39, 0.29) is 12.6 Å². The molecule has 0 unspecified atom stereocenters. The Bertz CT molecular complexity index is 1150. The van der Waals surface area contributed by atoms with Gasteiger partial charge in [-0.15, -0.1) is 11.3 Å². The summed E-state index contributed by atoms with van der Waals surface area (Å²) in [6.45, 7) is 2.22. The predicted molar refractivity (Wildman–Crippen MR) is 119 cm³/mol. The molecule has 7 nitrogen and oxygen atoms in total. The van der Waals surface area contributed by atoms with Crippen LogP contribution in [0.4, 0.5) is 16.3 Å². The summed E-state index contributed by atoms with van der Waals surface area (Å²) >= 11 is 1.59. The molecular weight excluding hydrogens is 398 g/mol. The minimum atomic E-state index is -0.290. The molecule has 152 valence electrons. The number of aromatic nitrogens is 2. The molecule has 3 aromatic heterocycles. The van der Waals surface area contributed by atoms with Gasteiger partial charge in [0.05, 0.1) is 22.4 Å². The molecule has 2 amide bonds. The molecule has 0 radical (unpaired) electrons. The summed E-state index contributed by atoms with van der Waals surface area (Å²) in [5.41, 5.74) is 1.67. The summed E-state index contributed by atoms with van der Waals surface area (Å²) < 4.78 is 7.01. The number of pyridine rings is 1. The summed E-state index contributed by atoms with van der Waals surface area (Å²) in [6, 6.07) is 15.2. The maximum Gasteiger partial charge on any atom is 0.319 e. The molecule has 0 atom stereocenters. The van der Waals surface area contributed by atoms with Gasteiger partial charge in [-0.05, 0) is 49.2 Å². The van der Waals surface area contributed by atoms with Crippen molar-refractivity contribution in [1.29, 1.82) is 0 Å². The Balaban J connectivity index is 1.22. The van der Waals surface area contributed by atoms with Crippen LogP contribution < -0.4 is 15.5 Å². The number of anilines is 2. The fourth-order valence-electron chi connectivity index (χ4n) is 3.57. The second kappa shape index (κ2) is 8.16. The Morgan fingerprint density at radius 1 is 1.10 bits per heavy atom. The van der Waals surface area contributed by atoms with E-state index in [1.54, 1.807) is 17.5 Å². The van der Waals surface area contributed by atoms with Crippen LogP contribution >= 0.6 is 11.3 Å². The Labute approximate surface area is 177 Å². The third-order valence-electron chi connectivity index (χ3n) is 5.03. The predicted octanol–water partition coefficient (Wildman–Crippen LogP) is 4.87. The second-order valence-corrected chi connectivity index (χ2v) is 8.16. The zero-order valence-electron chi connectivity index (χ0n) is 16.3. The van der Waals surface area contributed by atoms with Gasteiger partial charge in [0.25, 0.3) is 0 Å². The van der Waals surface area contributed by atoms with Crippen LogP contribution in [-0.2, 0) is 6.54 Å². The van der Waals surface area contributed by atoms with Gasteiger partial charge in [0.1, 0.15) is 5.76 Å². The first-order chi connectivity index (χ1) is 14.8. The third kappa shape index (κ3) is 3.86. The number of hydrogen-bond donors (Lipinski definition) is 2. The quantitative estimate of drug-likeness (QED) is 0.482. The number of carbonyl (C=O) groups excluding carboxylic acids is 1. The maximum absolute atomic E-state index is 12.4. The summed E-state index contributed by atoms with van der Waals surface area (Å²) in [6.07, 6.45) is 4.05. The van der Waals surface area contributed by atoms with Crippen LogP contribution in [-0.4, -0.2) is 29.1 Å². The average molecular weight is 420 g/mol. The Kier molecular flexibility index (Phi) is 5.06. The normalized spacial score (nSPS) is 13.7. The number of para-hydroxylation sites is 1. The van der Waals surface area contributed by atoms with E-state index in [4.69, 9.17) is 4.42 Å². The molecule has 0 aliphatic carbocycles. The van der Waals surface area contributed by atoms with Crippen molar-refractivity contribution in [3.63, 3.8) is 0 Å². The number of carbonyl (C=O) groups is 1. The van der Waals surface area contributed by atoms with Gasteiger partial charge in [-0.2, -0.15) is 0 Å². The molecule has 4 aromatic rings. The van der Waals surface area contributed by atoms with Gasteiger partial charge < -0.3 is 20.0 Å². The standard InChI is InChI=1S/C22H21N5O2S/c28-22(26-17-7-5-11-23-20(17)27-12-3-4-13-27)24-14-15-9-10-18(29-15)21-25-16-6-1-2-8-19(16)30-21/h1-2,5-11H,3-4,12-14H2,(H2,24,26,28). The van der Waals surface area contributed by atoms with Crippen molar-refractivity contribution in [2.75, 3.05) is 23.3 Å². The lowest BCUT2D eigenvalue weighted by molar-refractivity contribution is 0.251. The summed E-state index contributed by atoms with van der Waals surface area (Å²) in [5, 5.41) is 6.59. The fraction of sp³-hybridized carbons (Fsp3) is 0.227. The Morgan fingerprint density at radius 2 is 1.97 bits per heavy atom. The van der Waals surface area contributed by atoms with Crippen LogP contribution in [0.5, 0.6) is 0 Å². The van der Waals surface area contributed by atoms with Gasteiger partial charge in [0, 0.05) is 19.3 Å². The number of urea groups is 1. The number of amides is 2. The average Bonchev–Trinajstić information content (AvgIpc) is 3.53. The molecule has 1 saturated heterocycles. The van der Waals surface area contributed by atoms with E-state index in [0.29, 0.717) is 17.2 Å². The highest BCUT2D eigenvalue weighted by atomic mass is 32.1. The number of nitrogens with zero attached hydrogens (tertiary/aromatic N) is 3. The van der Waals surface area contributed by atoms with E-state index in [1.165, 1.54) is 0 Å². The van der Waals surface area contributed by atoms with Crippen molar-refractivity contribution >= 4 is 39.1 Å². The van der Waals surface area contributed by atoms with Crippen LogP contribution in [0.1, 0.15) is 18.6 Å². The van der Waals surface area contributed by atoms with Crippen LogP contribution in [0.2, 0.25) is 0 Å². The number of rotatable bonds is 5. The van der Waals surface area contributed by atoms with Crippen molar-refractivity contribution < 1.29 is 9.21 Å². The molecule has 1 fully saturated rings. The summed E-state index contributed by atoms with van der Waals surface area (Å²) in [7, 11) is 0. The van der Waals surface area contributed by atoms with Crippen molar-refractivity contribution in [2.45, 2.75) is 19.4 Å².